The van der Waals surface area contributed by atoms with Gasteiger partial charge in [-0.15, -0.1) is 11.3 Å². The van der Waals surface area contributed by atoms with Crippen molar-refractivity contribution in [2.75, 3.05) is 0 Å². The number of nitrogens with one attached hydrogen (secondary N) is 2. The third-order valence-corrected chi connectivity index (χ3v) is 6.49. The molecule has 0 spiro atoms. The molecule has 0 saturated heterocycles. The van der Waals surface area contributed by atoms with E-state index in [1.165, 1.54) is 0 Å². The first kappa shape index (κ1) is 21.5. The van der Waals surface area contributed by atoms with Gasteiger partial charge in [0.05, 0.1) is 14.8 Å². The molecule has 0 atom stereocenters. The smallest absolute Gasteiger partial charge is 0.168 e. The van der Waals surface area contributed by atoms with Gasteiger partial charge in [-0.05, 0) is 57.2 Å². The number of imidazole rings is 1. The van der Waals surface area contributed by atoms with Crippen molar-refractivity contribution in [2.24, 2.45) is 13.0 Å². The van der Waals surface area contributed by atoms with Crippen LogP contribution in [0.2, 0.25) is 5.02 Å². The second kappa shape index (κ2) is 8.63. The van der Waals surface area contributed by atoms with Gasteiger partial charge in [-0.2, -0.15) is 5.10 Å². The van der Waals surface area contributed by atoms with Crippen LogP contribution in [-0.4, -0.2) is 30.4 Å². The first-order chi connectivity index (χ1) is 13.7. The molecule has 3 rings (SSSR count). The first-order valence-electron chi connectivity index (χ1n) is 9.76. The number of aryl methyl sites for hydroxylation is 3. The number of aromatic amines is 1. The summed E-state index contributed by atoms with van der Waals surface area (Å²) in [4.78, 5) is 14.7. The molecular formula is C21H27ClN6S. The Morgan fingerprint density at radius 2 is 2.00 bits per heavy atom. The van der Waals surface area contributed by atoms with Crippen LogP contribution in [0.3, 0.4) is 0 Å². The van der Waals surface area contributed by atoms with E-state index < -0.39 is 0 Å². The van der Waals surface area contributed by atoms with Crippen LogP contribution in [0.4, 0.5) is 0 Å². The fourth-order valence-corrected chi connectivity index (χ4v) is 5.02. The second-order valence-corrected chi connectivity index (χ2v) is 8.71. The molecule has 3 heterocycles. The van der Waals surface area contributed by atoms with E-state index in [-0.39, 0.29) is 0 Å². The van der Waals surface area contributed by atoms with Gasteiger partial charge in [0.2, 0.25) is 0 Å². The molecule has 0 aliphatic rings. The van der Waals surface area contributed by atoms with Gasteiger partial charge in [-0.3, -0.25) is 0 Å². The molecule has 0 aliphatic heterocycles. The summed E-state index contributed by atoms with van der Waals surface area (Å²) < 4.78 is 1.77. The van der Waals surface area contributed by atoms with E-state index in [4.69, 9.17) is 22.0 Å². The number of halogens is 1. The summed E-state index contributed by atoms with van der Waals surface area (Å²) in [6, 6.07) is 1.93. The van der Waals surface area contributed by atoms with E-state index in [2.05, 4.69) is 28.9 Å². The topological polar surface area (TPSA) is 83.2 Å². The van der Waals surface area contributed by atoms with Crippen molar-refractivity contribution in [2.45, 2.75) is 47.5 Å². The van der Waals surface area contributed by atoms with Gasteiger partial charge in [-0.1, -0.05) is 25.4 Å². The summed E-state index contributed by atoms with van der Waals surface area (Å²) in [6.45, 7) is 10.0. The largest absolute Gasteiger partial charge is 0.342 e. The molecule has 0 unspecified atom stereocenters. The van der Waals surface area contributed by atoms with Crippen molar-refractivity contribution in [3.63, 3.8) is 0 Å². The summed E-state index contributed by atoms with van der Waals surface area (Å²) in [6.07, 6.45) is 3.92. The van der Waals surface area contributed by atoms with E-state index in [0.717, 1.165) is 57.0 Å². The standard InChI is InChI=1S/C21H27ClN6S/c1-7-14(8-2)15(9-11(3)23)20-24-12(4)18(26-20)19-16(22)10-17(29-19)21-25-13(5)27-28(21)6/h9-10,14,23H,7-8H2,1-6H3,(H,24,26)/b15-9-,23-11?. The summed E-state index contributed by atoms with van der Waals surface area (Å²) in [5.74, 6) is 2.70. The zero-order valence-electron chi connectivity index (χ0n) is 17.7. The average Bonchev–Trinajstić information content (AvgIpc) is 3.31. The van der Waals surface area contributed by atoms with Crippen molar-refractivity contribution >= 4 is 34.2 Å². The normalized spacial score (nSPS) is 12.2. The van der Waals surface area contributed by atoms with Crippen molar-refractivity contribution in [3.05, 3.63) is 34.5 Å². The predicted octanol–water partition coefficient (Wildman–Crippen LogP) is 6.06. The zero-order valence-corrected chi connectivity index (χ0v) is 19.3. The van der Waals surface area contributed by atoms with Crippen LogP contribution in [0.15, 0.2) is 12.1 Å². The van der Waals surface area contributed by atoms with Gasteiger partial charge in [0.15, 0.2) is 5.82 Å². The van der Waals surface area contributed by atoms with Crippen LogP contribution in [0.5, 0.6) is 0 Å². The Hall–Kier alpha value is -2.25. The molecule has 2 N–H and O–H groups in total. The molecule has 8 heteroatoms. The lowest BCUT2D eigenvalue weighted by atomic mass is 9.92. The van der Waals surface area contributed by atoms with Gasteiger partial charge in [0, 0.05) is 18.5 Å². The van der Waals surface area contributed by atoms with Gasteiger partial charge in [0.1, 0.15) is 17.3 Å². The number of H-pyrrole nitrogens is 1. The molecule has 0 radical (unpaired) electrons. The minimum absolute atomic E-state index is 0.352. The first-order valence-corrected chi connectivity index (χ1v) is 11.0. The van der Waals surface area contributed by atoms with Crippen molar-refractivity contribution in [1.82, 2.24) is 24.7 Å². The molecule has 29 heavy (non-hydrogen) atoms. The molecule has 0 amide bonds. The maximum atomic E-state index is 7.94. The summed E-state index contributed by atoms with van der Waals surface area (Å²) in [5, 5.41) is 12.9. The minimum atomic E-state index is 0.352. The number of thiophene rings is 1. The molecular weight excluding hydrogens is 404 g/mol. The fourth-order valence-electron chi connectivity index (χ4n) is 3.53. The summed E-state index contributed by atoms with van der Waals surface area (Å²) in [5.41, 5.74) is 3.41. The molecule has 6 nitrogen and oxygen atoms in total. The number of aromatic nitrogens is 5. The van der Waals surface area contributed by atoms with Gasteiger partial charge < -0.3 is 10.4 Å². The van der Waals surface area contributed by atoms with E-state index in [1.807, 2.05) is 33.0 Å². The van der Waals surface area contributed by atoms with Crippen LogP contribution in [-0.2, 0) is 7.05 Å². The SMILES string of the molecule is CCC(CC)/C(=C/C(C)=N)c1nc(-c2sc(-c3nc(C)nn3C)cc2Cl)c(C)[nH]1. The van der Waals surface area contributed by atoms with Crippen LogP contribution >= 0.6 is 22.9 Å². The Bertz CT molecular complexity index is 1070. The highest BCUT2D eigenvalue weighted by Gasteiger charge is 2.22. The lowest BCUT2D eigenvalue weighted by Crippen LogP contribution is -2.04. The monoisotopic (exact) mass is 430 g/mol. The average molecular weight is 431 g/mol. The third-order valence-electron chi connectivity index (χ3n) is 4.95. The van der Waals surface area contributed by atoms with E-state index in [9.17, 15) is 0 Å². The Balaban J connectivity index is 2.07. The maximum Gasteiger partial charge on any atom is 0.168 e. The van der Waals surface area contributed by atoms with E-state index in [1.54, 1.807) is 22.9 Å². The van der Waals surface area contributed by atoms with Crippen LogP contribution in [0.25, 0.3) is 26.8 Å². The van der Waals surface area contributed by atoms with E-state index in [0.29, 0.717) is 16.7 Å². The molecule has 0 fully saturated rings. The summed E-state index contributed by atoms with van der Waals surface area (Å²) >= 11 is 8.17. The van der Waals surface area contributed by atoms with Gasteiger partial charge >= 0.3 is 0 Å². The van der Waals surface area contributed by atoms with Crippen LogP contribution < -0.4 is 0 Å². The fraction of sp³-hybridized carbons (Fsp3) is 0.429. The lowest BCUT2D eigenvalue weighted by molar-refractivity contribution is 0.620. The molecule has 3 aromatic heterocycles. The Morgan fingerprint density at radius 3 is 2.55 bits per heavy atom. The number of hydrogen-bond acceptors (Lipinski definition) is 5. The molecule has 0 aromatic carbocycles. The molecule has 0 saturated carbocycles. The Kier molecular flexibility index (Phi) is 6.39. The third kappa shape index (κ3) is 4.36. The second-order valence-electron chi connectivity index (χ2n) is 7.25. The highest BCUT2D eigenvalue weighted by molar-refractivity contribution is 7.19. The molecule has 0 aliphatic carbocycles. The number of rotatable bonds is 7. The van der Waals surface area contributed by atoms with Crippen molar-refractivity contribution < 1.29 is 0 Å². The quantitative estimate of drug-likeness (QED) is 0.446. The molecule has 154 valence electrons. The Morgan fingerprint density at radius 1 is 1.31 bits per heavy atom. The number of hydrogen-bond donors (Lipinski definition) is 2. The van der Waals surface area contributed by atoms with E-state index >= 15 is 0 Å². The highest BCUT2D eigenvalue weighted by atomic mass is 35.5. The van der Waals surface area contributed by atoms with Crippen LogP contribution in [0.1, 0.15) is 51.0 Å². The zero-order chi connectivity index (χ0) is 21.3. The lowest BCUT2D eigenvalue weighted by Gasteiger charge is -2.15. The number of allylic oxidation sites excluding steroid dienone is 2. The molecule has 0 bridgehead atoms. The number of nitrogens with zero attached hydrogens (tertiary/aromatic N) is 4. The summed E-state index contributed by atoms with van der Waals surface area (Å²) in [7, 11) is 1.88. The van der Waals surface area contributed by atoms with Crippen LogP contribution in [0, 0.1) is 25.2 Å². The van der Waals surface area contributed by atoms with Gasteiger partial charge in [0.25, 0.3) is 0 Å². The van der Waals surface area contributed by atoms with Gasteiger partial charge in [-0.25, -0.2) is 14.6 Å². The predicted molar refractivity (Wildman–Crippen MR) is 122 cm³/mol. The van der Waals surface area contributed by atoms with Crippen molar-refractivity contribution in [3.8, 4) is 21.3 Å². The molecule has 3 aromatic rings. The Labute approximate surface area is 180 Å². The minimum Gasteiger partial charge on any atom is -0.342 e. The van der Waals surface area contributed by atoms with Crippen molar-refractivity contribution in [1.29, 1.82) is 5.41 Å². The highest BCUT2D eigenvalue weighted by Crippen LogP contribution is 2.41. The maximum absolute atomic E-state index is 7.94.